The number of likely N-dealkylation sites (N-methyl/N-ethyl adjacent to an activating group) is 1. The van der Waals surface area contributed by atoms with Gasteiger partial charge in [-0.1, -0.05) is 0 Å². The van der Waals surface area contributed by atoms with Gasteiger partial charge in [0.1, 0.15) is 0 Å². The summed E-state index contributed by atoms with van der Waals surface area (Å²) in [5, 5.41) is 0. The Morgan fingerprint density at radius 2 is 2.30 bits per heavy atom. The van der Waals surface area contributed by atoms with E-state index >= 15 is 0 Å². The van der Waals surface area contributed by atoms with Crippen molar-refractivity contribution in [3.05, 3.63) is 21.9 Å². The molecule has 0 aromatic carbocycles. The number of hydrogen-bond acceptors (Lipinski definition) is 1. The van der Waals surface area contributed by atoms with Gasteiger partial charge in [0, 0.05) is 0 Å². The summed E-state index contributed by atoms with van der Waals surface area (Å²) in [4.78, 5) is 2.10. The molecule has 10 heavy (non-hydrogen) atoms. The Balaban J connectivity index is 2.71. The second kappa shape index (κ2) is 3.67. The Labute approximate surface area is 72.1 Å². The van der Waals surface area contributed by atoms with E-state index in [9.17, 15) is 0 Å². The summed E-state index contributed by atoms with van der Waals surface area (Å²) < 4.78 is 5.33. The van der Waals surface area contributed by atoms with Gasteiger partial charge >= 0.3 is 72.0 Å². The second-order valence-electron chi connectivity index (χ2n) is 2.11. The summed E-state index contributed by atoms with van der Waals surface area (Å²) in [5.41, 5.74) is 1.27. The standard InChI is InChI=1S/C8H9IN/c1-10(2)8-5-3-4-6-9-7-8/h3,5,7H,1-2H3/q-1. The van der Waals surface area contributed by atoms with E-state index < -0.39 is 0 Å². The van der Waals surface area contributed by atoms with Gasteiger partial charge in [-0.25, -0.2) is 0 Å². The van der Waals surface area contributed by atoms with Crippen molar-refractivity contribution in [3.63, 3.8) is 0 Å². The SMILES string of the molecule is CN(C)C1=C[I-]C#CC=C1. The van der Waals surface area contributed by atoms with Crippen molar-refractivity contribution in [2.75, 3.05) is 14.1 Å². The Morgan fingerprint density at radius 3 is 3.00 bits per heavy atom. The fraction of sp³-hybridized carbons (Fsp3) is 0.250. The van der Waals surface area contributed by atoms with Crippen LogP contribution in [0.4, 0.5) is 0 Å². The van der Waals surface area contributed by atoms with Gasteiger partial charge in [-0.15, -0.1) is 0 Å². The second-order valence-corrected chi connectivity index (χ2v) is 3.89. The quantitative estimate of drug-likeness (QED) is 0.382. The van der Waals surface area contributed by atoms with Crippen LogP contribution >= 0.6 is 0 Å². The van der Waals surface area contributed by atoms with Crippen LogP contribution in [0.1, 0.15) is 0 Å². The molecule has 1 heterocycles. The third-order valence-corrected chi connectivity index (χ3v) is 2.70. The Bertz CT molecular complexity index is 227. The molecule has 1 rings (SSSR count). The summed E-state index contributed by atoms with van der Waals surface area (Å²) in [6.45, 7) is 0. The van der Waals surface area contributed by atoms with Gasteiger partial charge in [-0.2, -0.15) is 0 Å². The van der Waals surface area contributed by atoms with E-state index in [1.54, 1.807) is 0 Å². The van der Waals surface area contributed by atoms with Gasteiger partial charge < -0.3 is 0 Å². The van der Waals surface area contributed by atoms with Crippen LogP contribution in [0.5, 0.6) is 0 Å². The van der Waals surface area contributed by atoms with Crippen LogP contribution in [0.15, 0.2) is 21.9 Å². The van der Waals surface area contributed by atoms with E-state index in [-0.39, 0.29) is 21.2 Å². The van der Waals surface area contributed by atoms with E-state index in [0.29, 0.717) is 0 Å². The zero-order valence-corrected chi connectivity index (χ0v) is 8.21. The number of halogens is 1. The Kier molecular flexibility index (Phi) is 2.82. The zero-order chi connectivity index (χ0) is 7.40. The van der Waals surface area contributed by atoms with Crippen molar-refractivity contribution in [1.29, 1.82) is 0 Å². The molecule has 0 saturated heterocycles. The molecule has 0 bridgehead atoms. The van der Waals surface area contributed by atoms with Crippen molar-refractivity contribution in [2.24, 2.45) is 0 Å². The fourth-order valence-electron chi connectivity index (χ4n) is 0.556. The molecule has 1 aliphatic heterocycles. The molecular formula is C8H9IN-. The first kappa shape index (κ1) is 7.67. The molecule has 0 radical (unpaired) electrons. The number of hydrogen-bond donors (Lipinski definition) is 0. The molecule has 0 aromatic rings. The maximum absolute atomic E-state index is 3.10. The molecule has 0 amide bonds. The monoisotopic (exact) mass is 246 g/mol. The van der Waals surface area contributed by atoms with Crippen molar-refractivity contribution >= 4 is 0 Å². The molecular weight excluding hydrogens is 237 g/mol. The summed E-state index contributed by atoms with van der Waals surface area (Å²) in [6, 6.07) is 0. The van der Waals surface area contributed by atoms with Gasteiger partial charge in [0.05, 0.1) is 0 Å². The third-order valence-electron chi connectivity index (χ3n) is 1.13. The minimum absolute atomic E-state index is 0.0139. The van der Waals surface area contributed by atoms with Crippen LogP contribution in [0.25, 0.3) is 0 Å². The zero-order valence-electron chi connectivity index (χ0n) is 6.06. The molecule has 2 heteroatoms. The predicted octanol–water partition coefficient (Wildman–Crippen LogP) is -1.99. The minimum atomic E-state index is -0.0139. The van der Waals surface area contributed by atoms with Crippen LogP contribution in [0.3, 0.4) is 0 Å². The van der Waals surface area contributed by atoms with E-state index in [4.69, 9.17) is 0 Å². The molecule has 0 spiro atoms. The average Bonchev–Trinajstić information content (AvgIpc) is 2.12. The summed E-state index contributed by atoms with van der Waals surface area (Å²) in [7, 11) is 4.09. The molecule has 54 valence electrons. The van der Waals surface area contributed by atoms with Gasteiger partial charge in [-0.05, 0) is 0 Å². The first-order valence-electron chi connectivity index (χ1n) is 2.97. The molecule has 0 unspecified atom stereocenters. The molecule has 0 N–H and O–H groups in total. The van der Waals surface area contributed by atoms with Crippen molar-refractivity contribution in [2.45, 2.75) is 0 Å². The predicted molar refractivity (Wildman–Crippen MR) is 38.7 cm³/mol. The molecule has 1 nitrogen and oxygen atoms in total. The Morgan fingerprint density at radius 1 is 1.50 bits per heavy atom. The van der Waals surface area contributed by atoms with Crippen LogP contribution in [-0.4, -0.2) is 19.0 Å². The molecule has 0 aliphatic carbocycles. The van der Waals surface area contributed by atoms with Crippen LogP contribution in [0.2, 0.25) is 0 Å². The van der Waals surface area contributed by atoms with Crippen LogP contribution < -0.4 is 21.2 Å². The normalized spacial score (nSPS) is 15.6. The summed E-state index contributed by atoms with van der Waals surface area (Å²) in [5.74, 6) is 2.97. The van der Waals surface area contributed by atoms with Crippen molar-refractivity contribution < 1.29 is 21.2 Å². The third kappa shape index (κ3) is 2.07. The van der Waals surface area contributed by atoms with Gasteiger partial charge in [0.2, 0.25) is 0 Å². The van der Waals surface area contributed by atoms with Gasteiger partial charge in [0.25, 0.3) is 0 Å². The number of rotatable bonds is 1. The van der Waals surface area contributed by atoms with Gasteiger partial charge in [0.15, 0.2) is 0 Å². The van der Waals surface area contributed by atoms with E-state index in [2.05, 4.69) is 24.9 Å². The molecule has 0 fully saturated rings. The van der Waals surface area contributed by atoms with Crippen LogP contribution in [0, 0.1) is 9.85 Å². The van der Waals surface area contributed by atoms with E-state index in [1.807, 2.05) is 20.2 Å². The molecule has 0 saturated carbocycles. The Hall–Kier alpha value is -0.430. The topological polar surface area (TPSA) is 3.24 Å². The van der Waals surface area contributed by atoms with Crippen molar-refractivity contribution in [3.8, 4) is 9.85 Å². The number of nitrogens with zero attached hydrogens (tertiary/aromatic N) is 1. The van der Waals surface area contributed by atoms with Crippen LogP contribution in [-0.2, 0) is 0 Å². The molecule has 0 aromatic heterocycles. The summed E-state index contributed by atoms with van der Waals surface area (Å²) >= 11 is -0.0139. The maximum atomic E-state index is 3.10. The average molecular weight is 246 g/mol. The van der Waals surface area contributed by atoms with Gasteiger partial charge in [-0.3, -0.25) is 0 Å². The summed E-state index contributed by atoms with van der Waals surface area (Å²) in [6.07, 6.45) is 3.97. The van der Waals surface area contributed by atoms with E-state index in [0.717, 1.165) is 0 Å². The first-order valence-corrected chi connectivity index (χ1v) is 5.30. The van der Waals surface area contributed by atoms with Crippen molar-refractivity contribution in [1.82, 2.24) is 4.90 Å². The fourth-order valence-corrected chi connectivity index (χ4v) is 2.16. The number of allylic oxidation sites excluding steroid dienone is 2. The molecule has 0 atom stereocenters. The molecule has 1 aliphatic rings. The van der Waals surface area contributed by atoms with E-state index in [1.165, 1.54) is 5.70 Å². The first-order chi connectivity index (χ1) is 4.80.